The van der Waals surface area contributed by atoms with Gasteiger partial charge in [0, 0.05) is 18.4 Å². The van der Waals surface area contributed by atoms with Crippen molar-refractivity contribution in [2.45, 2.75) is 25.8 Å². The van der Waals surface area contributed by atoms with Crippen LogP contribution in [0.1, 0.15) is 30.5 Å². The second kappa shape index (κ2) is 8.01. The van der Waals surface area contributed by atoms with Crippen molar-refractivity contribution in [3.63, 3.8) is 0 Å². The van der Waals surface area contributed by atoms with E-state index in [4.69, 9.17) is 16.3 Å². The van der Waals surface area contributed by atoms with Crippen LogP contribution in [0.25, 0.3) is 0 Å². The fourth-order valence-corrected chi connectivity index (χ4v) is 2.57. The lowest BCUT2D eigenvalue weighted by Crippen LogP contribution is -2.24. The molecule has 1 unspecified atom stereocenters. The van der Waals surface area contributed by atoms with Crippen LogP contribution in [0.2, 0.25) is 5.02 Å². The quantitative estimate of drug-likeness (QED) is 0.838. The van der Waals surface area contributed by atoms with Gasteiger partial charge in [0.05, 0.1) is 12.1 Å². The monoisotopic (exact) mass is 304 g/mol. The summed E-state index contributed by atoms with van der Waals surface area (Å²) in [7, 11) is 1.69. The zero-order chi connectivity index (χ0) is 15.1. The molecule has 0 fully saturated rings. The van der Waals surface area contributed by atoms with Crippen molar-refractivity contribution < 1.29 is 4.74 Å². The van der Waals surface area contributed by atoms with Crippen molar-refractivity contribution >= 4 is 11.6 Å². The van der Waals surface area contributed by atoms with Gasteiger partial charge in [-0.2, -0.15) is 0 Å². The highest BCUT2D eigenvalue weighted by Gasteiger charge is 2.15. The number of methoxy groups -OCH3 is 1. The summed E-state index contributed by atoms with van der Waals surface area (Å²) in [6.45, 7) is 3.11. The molecule has 0 aliphatic rings. The predicted octanol–water partition coefficient (Wildman–Crippen LogP) is 4.03. The summed E-state index contributed by atoms with van der Waals surface area (Å²) in [5.74, 6) is 0.877. The van der Waals surface area contributed by atoms with E-state index in [9.17, 15) is 0 Å². The van der Waals surface area contributed by atoms with Gasteiger partial charge in [0.2, 0.25) is 0 Å². The van der Waals surface area contributed by atoms with Gasteiger partial charge in [0.1, 0.15) is 5.75 Å². The molecule has 1 atom stereocenters. The molecule has 0 radical (unpaired) electrons. The summed E-state index contributed by atoms with van der Waals surface area (Å²) in [5, 5.41) is 4.26. The lowest BCUT2D eigenvalue weighted by Gasteiger charge is -2.20. The number of aromatic nitrogens is 1. The summed E-state index contributed by atoms with van der Waals surface area (Å²) in [4.78, 5) is 4.06. The molecule has 1 aromatic carbocycles. The molecule has 0 aliphatic heterocycles. The van der Waals surface area contributed by atoms with Crippen LogP contribution in [0, 0.1) is 0 Å². The molecule has 1 N–H and O–H groups in total. The Bertz CT molecular complexity index is 574. The van der Waals surface area contributed by atoms with Crippen LogP contribution in [0.3, 0.4) is 0 Å². The van der Waals surface area contributed by atoms with Crippen molar-refractivity contribution in [2.75, 3.05) is 13.7 Å². The maximum atomic E-state index is 6.30. The molecule has 1 heterocycles. The molecular weight excluding hydrogens is 284 g/mol. The van der Waals surface area contributed by atoms with Gasteiger partial charge in [0.15, 0.2) is 0 Å². The first kappa shape index (κ1) is 15.8. The smallest absolute Gasteiger partial charge is 0.119 e. The van der Waals surface area contributed by atoms with Crippen LogP contribution in [-0.4, -0.2) is 18.6 Å². The largest absolute Gasteiger partial charge is 0.497 e. The average molecular weight is 305 g/mol. The number of nitrogens with one attached hydrogen (secondary N) is 1. The zero-order valence-corrected chi connectivity index (χ0v) is 13.2. The molecule has 2 rings (SSSR count). The maximum Gasteiger partial charge on any atom is 0.119 e. The minimum absolute atomic E-state index is 0.174. The number of rotatable bonds is 7. The SMILES string of the molecule is CCCNC(Cc1cccc(OC)c1)c1ccncc1Cl. The molecule has 0 saturated heterocycles. The van der Waals surface area contributed by atoms with E-state index >= 15 is 0 Å². The molecule has 0 bridgehead atoms. The van der Waals surface area contributed by atoms with E-state index in [1.165, 1.54) is 5.56 Å². The highest BCUT2D eigenvalue weighted by Crippen LogP contribution is 2.26. The Labute approximate surface area is 131 Å². The molecule has 2 aromatic rings. The molecule has 21 heavy (non-hydrogen) atoms. The first-order valence-corrected chi connectivity index (χ1v) is 7.58. The third-order valence-electron chi connectivity index (χ3n) is 3.39. The molecule has 1 aromatic heterocycles. The minimum Gasteiger partial charge on any atom is -0.497 e. The average Bonchev–Trinajstić information content (AvgIpc) is 2.52. The molecular formula is C17H21ClN2O. The fourth-order valence-electron chi connectivity index (χ4n) is 2.31. The van der Waals surface area contributed by atoms with Crippen LogP contribution < -0.4 is 10.1 Å². The van der Waals surface area contributed by atoms with E-state index < -0.39 is 0 Å². The number of pyridine rings is 1. The second-order valence-electron chi connectivity index (χ2n) is 4.96. The van der Waals surface area contributed by atoms with Gasteiger partial charge in [-0.3, -0.25) is 4.98 Å². The van der Waals surface area contributed by atoms with E-state index in [2.05, 4.69) is 29.4 Å². The van der Waals surface area contributed by atoms with Gasteiger partial charge in [0.25, 0.3) is 0 Å². The van der Waals surface area contributed by atoms with Crippen LogP contribution in [0.5, 0.6) is 5.75 Å². The fraction of sp³-hybridized carbons (Fsp3) is 0.353. The van der Waals surface area contributed by atoms with Crippen LogP contribution >= 0.6 is 11.6 Å². The summed E-state index contributed by atoms with van der Waals surface area (Å²) >= 11 is 6.30. The summed E-state index contributed by atoms with van der Waals surface area (Å²) in [6, 6.07) is 10.3. The van der Waals surface area contributed by atoms with Gasteiger partial charge in [-0.25, -0.2) is 0 Å². The Morgan fingerprint density at radius 3 is 2.90 bits per heavy atom. The Morgan fingerprint density at radius 1 is 1.33 bits per heavy atom. The Morgan fingerprint density at radius 2 is 2.19 bits per heavy atom. The zero-order valence-electron chi connectivity index (χ0n) is 12.5. The highest BCUT2D eigenvalue weighted by molar-refractivity contribution is 6.31. The van der Waals surface area contributed by atoms with E-state index in [-0.39, 0.29) is 6.04 Å². The predicted molar refractivity (Wildman–Crippen MR) is 87.0 cm³/mol. The number of ether oxygens (including phenoxy) is 1. The lowest BCUT2D eigenvalue weighted by atomic mass is 9.99. The molecule has 4 heteroatoms. The van der Waals surface area contributed by atoms with E-state index in [0.29, 0.717) is 5.02 Å². The summed E-state index contributed by atoms with van der Waals surface area (Å²) in [5.41, 5.74) is 2.30. The molecule has 3 nitrogen and oxygen atoms in total. The molecule has 112 valence electrons. The van der Waals surface area contributed by atoms with E-state index in [1.54, 1.807) is 19.5 Å². The van der Waals surface area contributed by atoms with Crippen LogP contribution in [-0.2, 0) is 6.42 Å². The first-order valence-electron chi connectivity index (χ1n) is 7.20. The molecule has 0 amide bonds. The van der Waals surface area contributed by atoms with Gasteiger partial charge in [-0.05, 0) is 48.7 Å². The number of nitrogens with zero attached hydrogens (tertiary/aromatic N) is 1. The minimum atomic E-state index is 0.174. The van der Waals surface area contributed by atoms with Crippen molar-refractivity contribution in [3.8, 4) is 5.75 Å². The Hall–Kier alpha value is -1.58. The number of hydrogen-bond donors (Lipinski definition) is 1. The number of halogens is 1. The summed E-state index contributed by atoms with van der Waals surface area (Å²) in [6.07, 6.45) is 5.43. The van der Waals surface area contributed by atoms with Gasteiger partial charge in [-0.1, -0.05) is 30.7 Å². The topological polar surface area (TPSA) is 34.1 Å². The number of benzene rings is 1. The standard InChI is InChI=1S/C17H21ClN2O/c1-3-8-20-17(15-7-9-19-12-16(15)18)11-13-5-4-6-14(10-13)21-2/h4-7,9-10,12,17,20H,3,8,11H2,1-2H3. The molecule has 0 saturated carbocycles. The van der Waals surface area contributed by atoms with Gasteiger partial charge >= 0.3 is 0 Å². The third-order valence-corrected chi connectivity index (χ3v) is 3.71. The van der Waals surface area contributed by atoms with Crippen LogP contribution in [0.15, 0.2) is 42.7 Å². The Balaban J connectivity index is 2.21. The third kappa shape index (κ3) is 4.45. The van der Waals surface area contributed by atoms with Crippen molar-refractivity contribution in [1.29, 1.82) is 0 Å². The van der Waals surface area contributed by atoms with Crippen molar-refractivity contribution in [3.05, 3.63) is 58.9 Å². The van der Waals surface area contributed by atoms with Crippen molar-refractivity contribution in [2.24, 2.45) is 0 Å². The van der Waals surface area contributed by atoms with Crippen molar-refractivity contribution in [1.82, 2.24) is 10.3 Å². The van der Waals surface area contributed by atoms with E-state index in [1.807, 2.05) is 18.2 Å². The summed E-state index contributed by atoms with van der Waals surface area (Å²) < 4.78 is 5.29. The number of hydrogen-bond acceptors (Lipinski definition) is 3. The highest BCUT2D eigenvalue weighted by atomic mass is 35.5. The molecule has 0 aliphatic carbocycles. The normalized spacial score (nSPS) is 12.1. The van der Waals surface area contributed by atoms with Crippen LogP contribution in [0.4, 0.5) is 0 Å². The van der Waals surface area contributed by atoms with Gasteiger partial charge < -0.3 is 10.1 Å². The van der Waals surface area contributed by atoms with Gasteiger partial charge in [-0.15, -0.1) is 0 Å². The first-order chi connectivity index (χ1) is 10.2. The lowest BCUT2D eigenvalue weighted by molar-refractivity contribution is 0.413. The Kier molecular flexibility index (Phi) is 6.03. The van der Waals surface area contributed by atoms with E-state index in [0.717, 1.165) is 30.7 Å². The maximum absolute atomic E-state index is 6.30. The molecule has 0 spiro atoms. The second-order valence-corrected chi connectivity index (χ2v) is 5.37.